The molecule has 2 rings (SSSR count). The molecular weight excluding hydrogens is 257 g/mol. The minimum absolute atomic E-state index is 0.0107. The first-order valence-corrected chi connectivity index (χ1v) is 6.11. The second-order valence-electron chi connectivity index (χ2n) is 4.77. The molecule has 1 fully saturated rings. The fraction of sp³-hybridized carbons (Fsp3) is 0.429. The van der Waals surface area contributed by atoms with Gasteiger partial charge in [0.25, 0.3) is 0 Å². The van der Waals surface area contributed by atoms with Crippen molar-refractivity contribution in [2.75, 3.05) is 0 Å². The van der Waals surface area contributed by atoms with Gasteiger partial charge in [0.05, 0.1) is 5.56 Å². The van der Waals surface area contributed by atoms with Gasteiger partial charge < -0.3 is 0 Å². The number of hydrogen-bond donors (Lipinski definition) is 0. The highest BCUT2D eigenvalue weighted by atomic mass is 19.4. The Morgan fingerprint density at radius 1 is 1.26 bits per heavy atom. The molecule has 0 aliphatic heterocycles. The molecule has 0 saturated heterocycles. The smallest absolute Gasteiger partial charge is 0.300 e. The van der Waals surface area contributed by atoms with Gasteiger partial charge in [-0.05, 0) is 25.0 Å². The summed E-state index contributed by atoms with van der Waals surface area (Å²) in [6, 6.07) is 4.39. The Balaban J connectivity index is 2.22. The van der Waals surface area contributed by atoms with Crippen molar-refractivity contribution < 1.29 is 22.8 Å². The number of benzene rings is 1. The molecule has 1 aromatic carbocycles. The van der Waals surface area contributed by atoms with E-state index in [1.165, 1.54) is 12.1 Å². The summed E-state index contributed by atoms with van der Waals surface area (Å²) in [5.41, 5.74) is -0.796. The van der Waals surface area contributed by atoms with Crippen molar-refractivity contribution in [2.24, 2.45) is 5.92 Å². The van der Waals surface area contributed by atoms with Gasteiger partial charge in [-0.3, -0.25) is 9.59 Å². The van der Waals surface area contributed by atoms with Crippen LogP contribution in [0.15, 0.2) is 24.3 Å². The molecule has 1 unspecified atom stereocenters. The molecule has 1 aliphatic rings. The SMILES string of the molecule is O=C1CCCC(C(=O)c2cccc(C(F)(F)F)c2)C1. The first-order valence-electron chi connectivity index (χ1n) is 6.11. The van der Waals surface area contributed by atoms with Crippen molar-refractivity contribution >= 4 is 11.6 Å². The van der Waals surface area contributed by atoms with E-state index in [0.29, 0.717) is 19.3 Å². The number of hydrogen-bond acceptors (Lipinski definition) is 2. The van der Waals surface area contributed by atoms with Gasteiger partial charge in [-0.25, -0.2) is 0 Å². The highest BCUT2D eigenvalue weighted by Crippen LogP contribution is 2.31. The lowest BCUT2D eigenvalue weighted by Gasteiger charge is -2.19. The maximum Gasteiger partial charge on any atom is 0.416 e. The maximum atomic E-state index is 12.6. The second-order valence-corrected chi connectivity index (χ2v) is 4.77. The van der Waals surface area contributed by atoms with Gasteiger partial charge in [-0.15, -0.1) is 0 Å². The van der Waals surface area contributed by atoms with Crippen LogP contribution in [0.2, 0.25) is 0 Å². The summed E-state index contributed by atoms with van der Waals surface area (Å²) in [7, 11) is 0. The van der Waals surface area contributed by atoms with Crippen LogP contribution in [-0.2, 0) is 11.0 Å². The van der Waals surface area contributed by atoms with E-state index in [1.807, 2.05) is 0 Å². The lowest BCUT2D eigenvalue weighted by atomic mass is 9.83. The molecule has 19 heavy (non-hydrogen) atoms. The Kier molecular flexibility index (Phi) is 3.73. The predicted octanol–water partition coefficient (Wildman–Crippen LogP) is 3.65. The van der Waals surface area contributed by atoms with Gasteiger partial charge in [0.1, 0.15) is 5.78 Å². The van der Waals surface area contributed by atoms with Gasteiger partial charge >= 0.3 is 6.18 Å². The van der Waals surface area contributed by atoms with Crippen molar-refractivity contribution in [1.82, 2.24) is 0 Å². The molecule has 5 heteroatoms. The maximum absolute atomic E-state index is 12.6. The normalized spacial score (nSPS) is 20.4. The monoisotopic (exact) mass is 270 g/mol. The van der Waals surface area contributed by atoms with E-state index in [1.54, 1.807) is 0 Å². The molecular formula is C14H13F3O2. The van der Waals surface area contributed by atoms with Gasteiger partial charge in [0.15, 0.2) is 5.78 Å². The zero-order chi connectivity index (χ0) is 14.0. The molecule has 0 bridgehead atoms. The van der Waals surface area contributed by atoms with Gasteiger partial charge in [-0.1, -0.05) is 12.1 Å². The summed E-state index contributed by atoms with van der Waals surface area (Å²) < 4.78 is 37.7. The molecule has 0 heterocycles. The Morgan fingerprint density at radius 3 is 2.63 bits per heavy atom. The summed E-state index contributed by atoms with van der Waals surface area (Å²) in [6.45, 7) is 0. The topological polar surface area (TPSA) is 34.1 Å². The molecule has 1 aliphatic carbocycles. The highest BCUT2D eigenvalue weighted by molar-refractivity contribution is 6.00. The molecule has 2 nitrogen and oxygen atoms in total. The molecule has 0 aromatic heterocycles. The fourth-order valence-corrected chi connectivity index (χ4v) is 2.33. The number of rotatable bonds is 2. The van der Waals surface area contributed by atoms with Crippen LogP contribution in [0.4, 0.5) is 13.2 Å². The quantitative estimate of drug-likeness (QED) is 0.769. The highest BCUT2D eigenvalue weighted by Gasteiger charge is 2.32. The van der Waals surface area contributed by atoms with E-state index < -0.39 is 17.7 Å². The van der Waals surface area contributed by atoms with Crippen LogP contribution >= 0.6 is 0 Å². The van der Waals surface area contributed by atoms with E-state index in [0.717, 1.165) is 12.1 Å². The average molecular weight is 270 g/mol. The fourth-order valence-electron chi connectivity index (χ4n) is 2.33. The minimum atomic E-state index is -4.46. The Morgan fingerprint density at radius 2 is 2.00 bits per heavy atom. The number of alkyl halides is 3. The largest absolute Gasteiger partial charge is 0.416 e. The zero-order valence-corrected chi connectivity index (χ0v) is 10.2. The Labute approximate surface area is 108 Å². The van der Waals surface area contributed by atoms with Crippen LogP contribution in [0.25, 0.3) is 0 Å². The zero-order valence-electron chi connectivity index (χ0n) is 10.2. The third kappa shape index (κ3) is 3.22. The van der Waals surface area contributed by atoms with Crippen LogP contribution in [0.3, 0.4) is 0 Å². The van der Waals surface area contributed by atoms with Crippen molar-refractivity contribution in [3.8, 4) is 0 Å². The van der Waals surface area contributed by atoms with E-state index in [9.17, 15) is 22.8 Å². The predicted molar refractivity (Wildman–Crippen MR) is 62.7 cm³/mol. The van der Waals surface area contributed by atoms with Crippen LogP contribution in [0, 0.1) is 5.92 Å². The number of halogens is 3. The van der Waals surface area contributed by atoms with Crippen molar-refractivity contribution in [3.63, 3.8) is 0 Å². The van der Waals surface area contributed by atoms with Crippen molar-refractivity contribution in [1.29, 1.82) is 0 Å². The number of Topliss-reactive ketones (excluding diaryl/α,β-unsaturated/α-hetero) is 2. The summed E-state index contributed by atoms with van der Waals surface area (Å²) in [6.07, 6.45) is -2.64. The standard InChI is InChI=1S/C14H13F3O2/c15-14(16,17)11-5-1-3-9(7-11)13(19)10-4-2-6-12(18)8-10/h1,3,5,7,10H,2,4,6,8H2. The van der Waals surface area contributed by atoms with Crippen LogP contribution in [-0.4, -0.2) is 11.6 Å². The molecule has 0 N–H and O–H groups in total. The molecule has 0 radical (unpaired) electrons. The first kappa shape index (κ1) is 13.8. The van der Waals surface area contributed by atoms with Crippen LogP contribution < -0.4 is 0 Å². The van der Waals surface area contributed by atoms with Crippen molar-refractivity contribution in [3.05, 3.63) is 35.4 Å². The number of carbonyl (C=O) groups excluding carboxylic acids is 2. The molecule has 1 atom stereocenters. The van der Waals surface area contributed by atoms with Crippen LogP contribution in [0.1, 0.15) is 41.6 Å². The van der Waals surface area contributed by atoms with Crippen LogP contribution in [0.5, 0.6) is 0 Å². The Hall–Kier alpha value is -1.65. The molecule has 0 amide bonds. The first-order chi connectivity index (χ1) is 8.88. The third-order valence-corrected chi connectivity index (χ3v) is 3.33. The molecule has 0 spiro atoms. The van der Waals surface area contributed by atoms with Crippen molar-refractivity contribution in [2.45, 2.75) is 31.9 Å². The molecule has 1 saturated carbocycles. The van der Waals surface area contributed by atoms with E-state index in [-0.39, 0.29) is 23.6 Å². The van der Waals surface area contributed by atoms with Gasteiger partial charge in [-0.2, -0.15) is 13.2 Å². The summed E-state index contributed by atoms with van der Waals surface area (Å²) >= 11 is 0. The molecule has 1 aromatic rings. The molecule has 102 valence electrons. The second kappa shape index (κ2) is 5.15. The Bertz CT molecular complexity index is 506. The summed E-state index contributed by atoms with van der Waals surface area (Å²) in [5, 5.41) is 0. The summed E-state index contributed by atoms with van der Waals surface area (Å²) in [4.78, 5) is 23.4. The minimum Gasteiger partial charge on any atom is -0.300 e. The number of carbonyl (C=O) groups is 2. The number of ketones is 2. The lowest BCUT2D eigenvalue weighted by Crippen LogP contribution is -2.23. The lowest BCUT2D eigenvalue weighted by molar-refractivity contribution is -0.137. The van der Waals surface area contributed by atoms with E-state index in [4.69, 9.17) is 0 Å². The summed E-state index contributed by atoms with van der Waals surface area (Å²) in [5.74, 6) is -0.819. The third-order valence-electron chi connectivity index (χ3n) is 3.33. The van der Waals surface area contributed by atoms with Gasteiger partial charge in [0, 0.05) is 24.3 Å². The average Bonchev–Trinajstić information content (AvgIpc) is 2.37. The van der Waals surface area contributed by atoms with Gasteiger partial charge in [0.2, 0.25) is 0 Å². The van der Waals surface area contributed by atoms with E-state index in [2.05, 4.69) is 0 Å². The van der Waals surface area contributed by atoms with E-state index >= 15 is 0 Å².